The van der Waals surface area contributed by atoms with E-state index in [1.807, 2.05) is 99.7 Å². The standard InChI is InChI=1S/C37H42N8O4S/c1-23-15-26(35(47)44-20-28-19-39-43(5)34(28)41-31-11-6-7-12-32(31)44)13-14-27(23)18-38-37(48)45-21-30(17-33(45)36(50)42(3)4)49-22-25-9-8-10-29(16-25)40-24(2)46/h6-16,19,30,33,41H,17-18,20-22H2,1-5H3,(H,38,48)(H,40,46)/t30-,33+/m1/s1. The van der Waals surface area contributed by atoms with Crippen molar-refractivity contribution in [1.29, 1.82) is 0 Å². The lowest BCUT2D eigenvalue weighted by Crippen LogP contribution is -2.48. The average Bonchev–Trinajstić information content (AvgIpc) is 3.63. The van der Waals surface area contributed by atoms with Gasteiger partial charge in [-0.15, -0.1) is 0 Å². The van der Waals surface area contributed by atoms with Crippen molar-refractivity contribution >= 4 is 57.9 Å². The smallest absolute Gasteiger partial charge is 0.318 e. The SMILES string of the molecule is CC(=O)Nc1cccc(CO[C@@H]2C[C@@H](C(=S)N(C)C)N(C(=O)NCc3ccc(C(=O)N4Cc5cnn(C)c5Nc5ccccc54)cc3C)C2)c1. The summed E-state index contributed by atoms with van der Waals surface area (Å²) in [5.74, 6) is 0.592. The van der Waals surface area contributed by atoms with Gasteiger partial charge in [-0.3, -0.25) is 14.3 Å². The van der Waals surface area contributed by atoms with Crippen LogP contribution in [0.5, 0.6) is 0 Å². The fourth-order valence-corrected chi connectivity index (χ4v) is 6.65. The van der Waals surface area contributed by atoms with Crippen molar-refractivity contribution in [3.8, 4) is 0 Å². The first kappa shape index (κ1) is 34.6. The lowest BCUT2D eigenvalue weighted by molar-refractivity contribution is -0.114. The Kier molecular flexibility index (Phi) is 10.2. The van der Waals surface area contributed by atoms with Gasteiger partial charge in [0.1, 0.15) is 10.8 Å². The maximum absolute atomic E-state index is 14.0. The molecule has 13 heteroatoms. The number of nitrogens with one attached hydrogen (secondary N) is 3. The third-order valence-electron chi connectivity index (χ3n) is 9.04. The first-order chi connectivity index (χ1) is 24.0. The second-order valence-corrected chi connectivity index (χ2v) is 13.3. The number of thiocarbonyl (C=S) groups is 1. The van der Waals surface area contributed by atoms with E-state index in [4.69, 9.17) is 17.0 Å². The Labute approximate surface area is 297 Å². The van der Waals surface area contributed by atoms with Crippen LogP contribution in [0.25, 0.3) is 0 Å². The van der Waals surface area contributed by atoms with E-state index in [1.54, 1.807) is 20.7 Å². The first-order valence-corrected chi connectivity index (χ1v) is 16.9. The Morgan fingerprint density at radius 1 is 1.08 bits per heavy atom. The third-order valence-corrected chi connectivity index (χ3v) is 9.68. The monoisotopic (exact) mass is 694 g/mol. The van der Waals surface area contributed by atoms with Crippen LogP contribution in [0.15, 0.2) is 72.9 Å². The minimum absolute atomic E-state index is 0.125. The third kappa shape index (κ3) is 7.48. The van der Waals surface area contributed by atoms with Gasteiger partial charge >= 0.3 is 6.03 Å². The van der Waals surface area contributed by atoms with Crippen LogP contribution in [0, 0.1) is 6.92 Å². The van der Waals surface area contributed by atoms with Gasteiger partial charge in [0.2, 0.25) is 5.91 Å². The molecule has 0 spiro atoms. The molecule has 3 N–H and O–H groups in total. The second-order valence-electron chi connectivity index (χ2n) is 12.9. The highest BCUT2D eigenvalue weighted by atomic mass is 32.1. The van der Waals surface area contributed by atoms with E-state index in [1.165, 1.54) is 6.92 Å². The zero-order chi connectivity index (χ0) is 35.5. The summed E-state index contributed by atoms with van der Waals surface area (Å²) in [4.78, 5) is 45.1. The van der Waals surface area contributed by atoms with Gasteiger partial charge in [0.05, 0.1) is 42.9 Å². The molecule has 260 valence electrons. The molecule has 3 aromatic carbocycles. The lowest BCUT2D eigenvalue weighted by atomic mass is 10.0. The first-order valence-electron chi connectivity index (χ1n) is 16.5. The Bertz CT molecular complexity index is 1940. The molecular weight excluding hydrogens is 653 g/mol. The summed E-state index contributed by atoms with van der Waals surface area (Å²) in [6.07, 6.45) is 2.13. The molecule has 0 saturated carbocycles. The van der Waals surface area contributed by atoms with E-state index in [-0.39, 0.29) is 36.5 Å². The van der Waals surface area contributed by atoms with E-state index in [9.17, 15) is 14.4 Å². The molecule has 1 fully saturated rings. The van der Waals surface area contributed by atoms with Gasteiger partial charge in [0.25, 0.3) is 5.91 Å². The van der Waals surface area contributed by atoms with E-state index in [2.05, 4.69) is 21.0 Å². The molecule has 4 amide bonds. The largest absolute Gasteiger partial charge is 0.372 e. The number of likely N-dealkylation sites (N-methyl/N-ethyl adjacent to an activating group) is 1. The minimum atomic E-state index is -0.303. The number of ether oxygens (including phenoxy) is 1. The molecule has 2 atom stereocenters. The molecule has 1 saturated heterocycles. The number of rotatable bonds is 8. The molecule has 0 radical (unpaired) electrons. The van der Waals surface area contributed by atoms with Crippen molar-refractivity contribution in [1.82, 2.24) is 24.9 Å². The van der Waals surface area contributed by atoms with Crippen LogP contribution in [0.4, 0.5) is 27.7 Å². The number of fused-ring (bicyclic) bond motifs is 2. The maximum Gasteiger partial charge on any atom is 0.318 e. The molecule has 3 heterocycles. The summed E-state index contributed by atoms with van der Waals surface area (Å²) in [5.41, 5.74) is 6.52. The second kappa shape index (κ2) is 14.7. The molecule has 1 aromatic heterocycles. The number of aryl methyl sites for hydroxylation is 2. The molecule has 6 rings (SSSR count). The highest BCUT2D eigenvalue weighted by molar-refractivity contribution is 7.80. The Morgan fingerprint density at radius 2 is 1.88 bits per heavy atom. The van der Waals surface area contributed by atoms with Gasteiger partial charge in [0, 0.05) is 64.4 Å². The van der Waals surface area contributed by atoms with Gasteiger partial charge in [0.15, 0.2) is 0 Å². The Hall–Kier alpha value is -5.27. The number of anilines is 4. The van der Waals surface area contributed by atoms with Gasteiger partial charge in [-0.1, -0.05) is 42.5 Å². The van der Waals surface area contributed by atoms with Crippen LogP contribution in [0.1, 0.15) is 46.0 Å². The molecule has 0 bridgehead atoms. The number of amides is 4. The van der Waals surface area contributed by atoms with Crippen molar-refractivity contribution in [3.05, 3.63) is 101 Å². The van der Waals surface area contributed by atoms with Gasteiger partial charge < -0.3 is 35.4 Å². The summed E-state index contributed by atoms with van der Waals surface area (Å²) in [6, 6.07) is 20.3. The number of hydrogen-bond donors (Lipinski definition) is 3. The number of nitrogens with zero attached hydrogens (tertiary/aromatic N) is 5. The summed E-state index contributed by atoms with van der Waals surface area (Å²) >= 11 is 5.73. The van der Waals surface area contributed by atoms with Crippen LogP contribution in [0.3, 0.4) is 0 Å². The van der Waals surface area contributed by atoms with Crippen molar-refractivity contribution in [2.45, 2.75) is 52.1 Å². The summed E-state index contributed by atoms with van der Waals surface area (Å²) in [6.45, 7) is 4.80. The fraction of sp³-hybridized carbons (Fsp3) is 0.324. The highest BCUT2D eigenvalue weighted by Crippen LogP contribution is 2.36. The normalized spacial score (nSPS) is 16.5. The summed E-state index contributed by atoms with van der Waals surface area (Å²) < 4.78 is 8.02. The molecule has 4 aromatic rings. The molecule has 50 heavy (non-hydrogen) atoms. The van der Waals surface area contributed by atoms with Crippen LogP contribution < -0.4 is 20.9 Å². The topological polar surface area (TPSA) is 124 Å². The van der Waals surface area contributed by atoms with Crippen molar-refractivity contribution in [2.75, 3.05) is 36.2 Å². The minimum Gasteiger partial charge on any atom is -0.372 e. The summed E-state index contributed by atoms with van der Waals surface area (Å²) in [5, 5.41) is 13.7. The van der Waals surface area contributed by atoms with Crippen molar-refractivity contribution in [2.24, 2.45) is 7.05 Å². The summed E-state index contributed by atoms with van der Waals surface area (Å²) in [7, 11) is 5.63. The van der Waals surface area contributed by atoms with Gasteiger partial charge in [-0.2, -0.15) is 5.10 Å². The van der Waals surface area contributed by atoms with Gasteiger partial charge in [-0.05, 0) is 60.0 Å². The van der Waals surface area contributed by atoms with Crippen LogP contribution in [-0.2, 0) is 36.3 Å². The molecule has 2 aliphatic heterocycles. The number of urea groups is 1. The number of aromatic nitrogens is 2. The molecule has 0 aliphatic carbocycles. The number of carbonyl (C=O) groups excluding carboxylic acids is 3. The van der Waals surface area contributed by atoms with E-state index in [0.29, 0.717) is 42.4 Å². The number of para-hydroxylation sites is 2. The predicted molar refractivity (Wildman–Crippen MR) is 198 cm³/mol. The number of likely N-dealkylation sites (tertiary alicyclic amines) is 1. The van der Waals surface area contributed by atoms with Gasteiger partial charge in [-0.25, -0.2) is 4.79 Å². The van der Waals surface area contributed by atoms with Crippen LogP contribution in [-0.4, -0.2) is 75.2 Å². The van der Waals surface area contributed by atoms with Crippen molar-refractivity contribution < 1.29 is 19.1 Å². The maximum atomic E-state index is 14.0. The molecule has 0 unspecified atom stereocenters. The molecular formula is C37H42N8O4S. The quantitative estimate of drug-likeness (QED) is 0.211. The van der Waals surface area contributed by atoms with E-state index < -0.39 is 0 Å². The van der Waals surface area contributed by atoms with Crippen LogP contribution in [0.2, 0.25) is 0 Å². The zero-order valence-electron chi connectivity index (χ0n) is 28.9. The number of benzene rings is 3. The average molecular weight is 695 g/mol. The molecule has 2 aliphatic rings. The lowest BCUT2D eigenvalue weighted by Gasteiger charge is -2.28. The predicted octanol–water partition coefficient (Wildman–Crippen LogP) is 5.35. The fourth-order valence-electron chi connectivity index (χ4n) is 6.43. The van der Waals surface area contributed by atoms with Crippen molar-refractivity contribution in [3.63, 3.8) is 0 Å². The van der Waals surface area contributed by atoms with E-state index in [0.717, 1.165) is 39.4 Å². The number of hydrogen-bond acceptors (Lipinski definition) is 7. The molecule has 12 nitrogen and oxygen atoms in total. The van der Waals surface area contributed by atoms with E-state index >= 15 is 0 Å². The highest BCUT2D eigenvalue weighted by Gasteiger charge is 2.39. The Morgan fingerprint density at radius 3 is 2.64 bits per heavy atom. The zero-order valence-corrected chi connectivity index (χ0v) is 29.7. The van der Waals surface area contributed by atoms with Crippen LogP contribution >= 0.6 is 12.2 Å². The Balaban J connectivity index is 1.11. The number of carbonyl (C=O) groups is 3.